The summed E-state index contributed by atoms with van der Waals surface area (Å²) >= 11 is 0. The van der Waals surface area contributed by atoms with Crippen LogP contribution in [0.2, 0.25) is 0 Å². The third-order valence-corrected chi connectivity index (χ3v) is 2.54. The highest BCUT2D eigenvalue weighted by atomic mass is 16.4. The van der Waals surface area contributed by atoms with Crippen LogP contribution in [0.1, 0.15) is 13.3 Å². The van der Waals surface area contributed by atoms with Crippen LogP contribution in [-0.2, 0) is 14.4 Å². The van der Waals surface area contributed by atoms with E-state index in [1.165, 1.54) is 11.9 Å². The van der Waals surface area contributed by atoms with Crippen LogP contribution >= 0.6 is 0 Å². The molecule has 1 aliphatic heterocycles. The smallest absolute Gasteiger partial charge is 0.317 e. The summed E-state index contributed by atoms with van der Waals surface area (Å²) in [5.74, 6) is -1.57. The van der Waals surface area contributed by atoms with Gasteiger partial charge in [-0.15, -0.1) is 0 Å². The Morgan fingerprint density at radius 2 is 2.20 bits per heavy atom. The van der Waals surface area contributed by atoms with Gasteiger partial charge < -0.3 is 5.11 Å². The summed E-state index contributed by atoms with van der Waals surface area (Å²) in [6.45, 7) is 1.98. The zero-order valence-electron chi connectivity index (χ0n) is 8.77. The molecule has 1 saturated heterocycles. The SMILES string of the molecule is CCN(CC(=O)O)C1CC(=O)N(C)C1=O. The van der Waals surface area contributed by atoms with Gasteiger partial charge in [-0.2, -0.15) is 0 Å². The Balaban J connectivity index is 2.74. The molecule has 0 saturated carbocycles. The van der Waals surface area contributed by atoms with Crippen molar-refractivity contribution >= 4 is 17.8 Å². The average Bonchev–Trinajstić information content (AvgIpc) is 2.42. The summed E-state index contributed by atoms with van der Waals surface area (Å²) in [4.78, 5) is 35.9. The van der Waals surface area contributed by atoms with Gasteiger partial charge >= 0.3 is 5.97 Å². The topological polar surface area (TPSA) is 77.9 Å². The molecule has 0 radical (unpaired) electrons. The highest BCUT2D eigenvalue weighted by Crippen LogP contribution is 2.16. The van der Waals surface area contributed by atoms with Crippen molar-refractivity contribution in [3.63, 3.8) is 0 Å². The van der Waals surface area contributed by atoms with E-state index in [9.17, 15) is 14.4 Å². The number of carboxylic acid groups (broad SMARTS) is 1. The monoisotopic (exact) mass is 214 g/mol. The number of hydrogen-bond donors (Lipinski definition) is 1. The molecule has 6 heteroatoms. The second-order valence-electron chi connectivity index (χ2n) is 3.47. The first-order valence-corrected chi connectivity index (χ1v) is 4.73. The van der Waals surface area contributed by atoms with Crippen LogP contribution in [0, 0.1) is 0 Å². The van der Waals surface area contributed by atoms with E-state index in [4.69, 9.17) is 5.11 Å². The summed E-state index contributed by atoms with van der Waals surface area (Å²) in [7, 11) is 1.42. The van der Waals surface area contributed by atoms with E-state index in [0.29, 0.717) is 6.54 Å². The normalized spacial score (nSPS) is 21.5. The lowest BCUT2D eigenvalue weighted by molar-refractivity contribution is -0.140. The molecule has 0 bridgehead atoms. The number of likely N-dealkylation sites (N-methyl/N-ethyl adjacent to an activating group) is 2. The van der Waals surface area contributed by atoms with Crippen LogP contribution in [-0.4, -0.2) is 58.9 Å². The molecule has 0 aromatic carbocycles. The Labute approximate surface area is 87.5 Å². The van der Waals surface area contributed by atoms with Gasteiger partial charge in [-0.25, -0.2) is 0 Å². The van der Waals surface area contributed by atoms with E-state index in [1.54, 1.807) is 6.92 Å². The number of carboxylic acids is 1. The number of carbonyl (C=O) groups excluding carboxylic acids is 2. The van der Waals surface area contributed by atoms with Crippen molar-refractivity contribution < 1.29 is 19.5 Å². The van der Waals surface area contributed by atoms with Gasteiger partial charge in [-0.05, 0) is 6.54 Å². The Morgan fingerprint density at radius 3 is 2.53 bits per heavy atom. The molecule has 1 atom stereocenters. The second kappa shape index (κ2) is 4.39. The van der Waals surface area contributed by atoms with Gasteiger partial charge in [0.15, 0.2) is 0 Å². The minimum Gasteiger partial charge on any atom is -0.480 e. The van der Waals surface area contributed by atoms with Gasteiger partial charge in [-0.3, -0.25) is 24.2 Å². The first kappa shape index (κ1) is 11.6. The Bertz CT molecular complexity index is 302. The second-order valence-corrected chi connectivity index (χ2v) is 3.47. The largest absolute Gasteiger partial charge is 0.480 e. The molecule has 1 N–H and O–H groups in total. The molecule has 1 unspecified atom stereocenters. The number of aliphatic carboxylic acids is 1. The predicted molar refractivity (Wildman–Crippen MR) is 51.1 cm³/mol. The summed E-state index contributed by atoms with van der Waals surface area (Å²) in [6, 6.07) is -0.608. The third-order valence-electron chi connectivity index (χ3n) is 2.54. The summed E-state index contributed by atoms with van der Waals surface area (Å²) in [5.41, 5.74) is 0. The average molecular weight is 214 g/mol. The molecule has 6 nitrogen and oxygen atoms in total. The van der Waals surface area contributed by atoms with Crippen molar-refractivity contribution in [2.75, 3.05) is 20.1 Å². The van der Waals surface area contributed by atoms with E-state index in [-0.39, 0.29) is 24.8 Å². The summed E-state index contributed by atoms with van der Waals surface area (Å²) in [5, 5.41) is 8.64. The third kappa shape index (κ3) is 2.33. The number of carbonyl (C=O) groups is 3. The van der Waals surface area contributed by atoms with Crippen molar-refractivity contribution in [3.8, 4) is 0 Å². The van der Waals surface area contributed by atoms with E-state index >= 15 is 0 Å². The van der Waals surface area contributed by atoms with Gasteiger partial charge in [-0.1, -0.05) is 6.92 Å². The maximum atomic E-state index is 11.6. The van der Waals surface area contributed by atoms with Crippen molar-refractivity contribution in [3.05, 3.63) is 0 Å². The lowest BCUT2D eigenvalue weighted by Crippen LogP contribution is -2.43. The summed E-state index contributed by atoms with van der Waals surface area (Å²) < 4.78 is 0. The molecule has 1 fully saturated rings. The van der Waals surface area contributed by atoms with E-state index in [0.717, 1.165) is 4.90 Å². The molecule has 2 amide bonds. The fraction of sp³-hybridized carbons (Fsp3) is 0.667. The molecule has 0 aromatic heterocycles. The molecule has 84 valence electrons. The molecule has 15 heavy (non-hydrogen) atoms. The Kier molecular flexibility index (Phi) is 3.41. The lowest BCUT2D eigenvalue weighted by atomic mass is 10.2. The van der Waals surface area contributed by atoms with E-state index in [2.05, 4.69) is 0 Å². The zero-order valence-corrected chi connectivity index (χ0v) is 8.77. The van der Waals surface area contributed by atoms with Crippen LogP contribution in [0.25, 0.3) is 0 Å². The van der Waals surface area contributed by atoms with Crippen molar-refractivity contribution in [2.45, 2.75) is 19.4 Å². The number of imide groups is 1. The Morgan fingerprint density at radius 1 is 1.60 bits per heavy atom. The molecule has 1 aliphatic rings. The maximum absolute atomic E-state index is 11.6. The van der Waals surface area contributed by atoms with Crippen molar-refractivity contribution in [2.24, 2.45) is 0 Å². The minimum absolute atomic E-state index is 0.0798. The fourth-order valence-electron chi connectivity index (χ4n) is 1.64. The number of nitrogens with zero attached hydrogens (tertiary/aromatic N) is 2. The van der Waals surface area contributed by atoms with Crippen LogP contribution < -0.4 is 0 Å². The van der Waals surface area contributed by atoms with Crippen LogP contribution in [0.3, 0.4) is 0 Å². The van der Waals surface area contributed by atoms with Gasteiger partial charge in [0.25, 0.3) is 0 Å². The molecule has 0 aromatic rings. The van der Waals surface area contributed by atoms with Crippen LogP contribution in [0.5, 0.6) is 0 Å². The van der Waals surface area contributed by atoms with Gasteiger partial charge in [0.1, 0.15) is 0 Å². The predicted octanol–water partition coefficient (Wildman–Crippen LogP) is -0.850. The molecule has 1 heterocycles. The molecular formula is C9H14N2O4. The highest BCUT2D eigenvalue weighted by Gasteiger charge is 2.39. The first-order chi connectivity index (χ1) is 6.97. The van der Waals surface area contributed by atoms with Gasteiger partial charge in [0, 0.05) is 7.05 Å². The quantitative estimate of drug-likeness (QED) is 0.617. The zero-order chi connectivity index (χ0) is 11.6. The number of rotatable bonds is 4. The van der Waals surface area contributed by atoms with E-state index in [1.807, 2.05) is 0 Å². The fourth-order valence-corrected chi connectivity index (χ4v) is 1.64. The molecule has 1 rings (SSSR count). The van der Waals surface area contributed by atoms with E-state index < -0.39 is 12.0 Å². The molecule has 0 spiro atoms. The van der Waals surface area contributed by atoms with Crippen molar-refractivity contribution in [1.29, 1.82) is 0 Å². The minimum atomic E-state index is -0.994. The Hall–Kier alpha value is -1.43. The highest BCUT2D eigenvalue weighted by molar-refractivity contribution is 6.05. The first-order valence-electron chi connectivity index (χ1n) is 4.73. The van der Waals surface area contributed by atoms with Crippen molar-refractivity contribution in [1.82, 2.24) is 9.80 Å². The summed E-state index contributed by atoms with van der Waals surface area (Å²) in [6.07, 6.45) is 0.0798. The standard InChI is InChI=1S/C9H14N2O4/c1-3-11(5-8(13)14)6-4-7(12)10(2)9(6)15/h6H,3-5H2,1-2H3,(H,13,14). The lowest BCUT2D eigenvalue weighted by Gasteiger charge is -2.23. The molecular weight excluding hydrogens is 200 g/mol. The molecule has 0 aliphatic carbocycles. The van der Waals surface area contributed by atoms with Crippen LogP contribution in [0.4, 0.5) is 0 Å². The van der Waals surface area contributed by atoms with Gasteiger partial charge in [0.2, 0.25) is 11.8 Å². The number of hydrogen-bond acceptors (Lipinski definition) is 4. The van der Waals surface area contributed by atoms with Gasteiger partial charge in [0.05, 0.1) is 19.0 Å². The number of amides is 2. The maximum Gasteiger partial charge on any atom is 0.317 e. The number of likely N-dealkylation sites (tertiary alicyclic amines) is 1. The van der Waals surface area contributed by atoms with Crippen LogP contribution in [0.15, 0.2) is 0 Å².